The average Bonchev–Trinajstić information content (AvgIpc) is 2.73. The summed E-state index contributed by atoms with van der Waals surface area (Å²) in [4.78, 5) is 10.6. The molecule has 3 atom stereocenters. The second-order valence-electron chi connectivity index (χ2n) is 4.64. The average molecular weight is 221 g/mol. The SMILES string of the molecule is O=C(NC[C@@H]1C[C@H]2CC[C@H]1C2)C(F)(F)F. The van der Waals surface area contributed by atoms with Gasteiger partial charge in [0.05, 0.1) is 0 Å². The zero-order valence-electron chi connectivity index (χ0n) is 8.31. The Labute approximate surface area is 86.2 Å². The fourth-order valence-electron chi connectivity index (χ4n) is 2.95. The quantitative estimate of drug-likeness (QED) is 0.760. The van der Waals surface area contributed by atoms with Crippen molar-refractivity contribution >= 4 is 5.91 Å². The number of amides is 1. The highest BCUT2D eigenvalue weighted by molar-refractivity contribution is 5.81. The zero-order chi connectivity index (χ0) is 11.1. The van der Waals surface area contributed by atoms with Crippen molar-refractivity contribution in [3.05, 3.63) is 0 Å². The Morgan fingerprint density at radius 1 is 1.27 bits per heavy atom. The van der Waals surface area contributed by atoms with Crippen molar-refractivity contribution in [3.8, 4) is 0 Å². The smallest absolute Gasteiger partial charge is 0.348 e. The van der Waals surface area contributed by atoms with Crippen LogP contribution in [0.3, 0.4) is 0 Å². The minimum atomic E-state index is -4.74. The third-order valence-corrected chi connectivity index (χ3v) is 3.67. The van der Waals surface area contributed by atoms with Crippen LogP contribution in [-0.4, -0.2) is 18.6 Å². The van der Waals surface area contributed by atoms with Crippen LogP contribution in [0.2, 0.25) is 0 Å². The Morgan fingerprint density at radius 3 is 2.47 bits per heavy atom. The van der Waals surface area contributed by atoms with Gasteiger partial charge >= 0.3 is 12.1 Å². The molecule has 5 heteroatoms. The van der Waals surface area contributed by atoms with E-state index in [0.717, 1.165) is 19.3 Å². The van der Waals surface area contributed by atoms with Crippen LogP contribution in [0, 0.1) is 17.8 Å². The van der Waals surface area contributed by atoms with Gasteiger partial charge in [0.15, 0.2) is 0 Å². The molecule has 2 rings (SSSR count). The maximum absolute atomic E-state index is 11.9. The summed E-state index contributed by atoms with van der Waals surface area (Å²) in [6, 6.07) is 0. The van der Waals surface area contributed by atoms with Gasteiger partial charge in [-0.2, -0.15) is 13.2 Å². The predicted molar refractivity (Wildman–Crippen MR) is 48.0 cm³/mol. The molecule has 2 aliphatic carbocycles. The molecule has 0 spiro atoms. The number of hydrogen-bond acceptors (Lipinski definition) is 1. The second-order valence-corrected chi connectivity index (χ2v) is 4.64. The van der Waals surface area contributed by atoms with Gasteiger partial charge in [-0.3, -0.25) is 4.79 Å². The number of carbonyl (C=O) groups excluding carboxylic acids is 1. The summed E-state index contributed by atoms with van der Waals surface area (Å²) < 4.78 is 35.7. The monoisotopic (exact) mass is 221 g/mol. The molecule has 0 saturated heterocycles. The number of carbonyl (C=O) groups is 1. The van der Waals surface area contributed by atoms with E-state index in [1.54, 1.807) is 0 Å². The van der Waals surface area contributed by atoms with Crippen LogP contribution in [0.4, 0.5) is 13.2 Å². The lowest BCUT2D eigenvalue weighted by Gasteiger charge is -2.22. The van der Waals surface area contributed by atoms with Gasteiger partial charge in [-0.15, -0.1) is 0 Å². The predicted octanol–water partition coefficient (Wildman–Crippen LogP) is 2.10. The largest absolute Gasteiger partial charge is 0.471 e. The first-order valence-corrected chi connectivity index (χ1v) is 5.32. The number of hydrogen-bond donors (Lipinski definition) is 1. The number of fused-ring (bicyclic) bond motifs is 2. The number of alkyl halides is 3. The maximum Gasteiger partial charge on any atom is 0.471 e. The molecule has 0 radical (unpaired) electrons. The lowest BCUT2D eigenvalue weighted by atomic mass is 9.89. The molecule has 2 nitrogen and oxygen atoms in total. The standard InChI is InChI=1S/C10H14F3NO/c11-10(12,13)9(15)14-5-8-4-6-1-2-7(8)3-6/h6-8H,1-5H2,(H,14,15)/t6-,7-,8-/m0/s1. The Bertz CT molecular complexity index is 264. The van der Waals surface area contributed by atoms with Gasteiger partial charge in [0.25, 0.3) is 0 Å². The molecule has 0 aromatic heterocycles. The van der Waals surface area contributed by atoms with Crippen molar-refractivity contribution in [1.82, 2.24) is 5.32 Å². The summed E-state index contributed by atoms with van der Waals surface area (Å²) in [6.45, 7) is 0.194. The number of halogens is 3. The van der Waals surface area contributed by atoms with Crippen LogP contribution >= 0.6 is 0 Å². The van der Waals surface area contributed by atoms with Gasteiger partial charge in [0, 0.05) is 6.54 Å². The van der Waals surface area contributed by atoms with Gasteiger partial charge in [-0.05, 0) is 37.0 Å². The van der Waals surface area contributed by atoms with E-state index in [1.807, 2.05) is 5.32 Å². The molecule has 1 N–H and O–H groups in total. The Morgan fingerprint density at radius 2 is 2.00 bits per heavy atom. The lowest BCUT2D eigenvalue weighted by molar-refractivity contribution is -0.173. The van der Waals surface area contributed by atoms with Crippen molar-refractivity contribution in [2.45, 2.75) is 31.9 Å². The molecule has 2 fully saturated rings. The van der Waals surface area contributed by atoms with E-state index in [0.29, 0.717) is 11.8 Å². The summed E-state index contributed by atoms with van der Waals surface area (Å²) in [5.74, 6) is -0.286. The van der Waals surface area contributed by atoms with Crippen LogP contribution < -0.4 is 5.32 Å². The van der Waals surface area contributed by atoms with Crippen molar-refractivity contribution in [2.75, 3.05) is 6.54 Å². The third-order valence-electron chi connectivity index (χ3n) is 3.67. The van der Waals surface area contributed by atoms with Crippen molar-refractivity contribution < 1.29 is 18.0 Å². The van der Waals surface area contributed by atoms with E-state index in [2.05, 4.69) is 0 Å². The summed E-state index contributed by atoms with van der Waals surface area (Å²) in [7, 11) is 0. The first-order valence-electron chi connectivity index (χ1n) is 5.32. The summed E-state index contributed by atoms with van der Waals surface area (Å²) >= 11 is 0. The first-order chi connectivity index (χ1) is 6.97. The summed E-state index contributed by atoms with van der Waals surface area (Å²) in [6.07, 6.45) is -0.265. The lowest BCUT2D eigenvalue weighted by Crippen LogP contribution is -2.40. The summed E-state index contributed by atoms with van der Waals surface area (Å²) in [5.41, 5.74) is 0. The molecule has 15 heavy (non-hydrogen) atoms. The van der Waals surface area contributed by atoms with Crippen LogP contribution in [0.1, 0.15) is 25.7 Å². The first kappa shape index (κ1) is 10.8. The van der Waals surface area contributed by atoms with Gasteiger partial charge in [-0.1, -0.05) is 6.42 Å². The molecule has 0 aliphatic heterocycles. The molecule has 0 aromatic carbocycles. The molecule has 1 amide bonds. The highest BCUT2D eigenvalue weighted by atomic mass is 19.4. The molecule has 2 aliphatic rings. The van der Waals surface area contributed by atoms with E-state index < -0.39 is 12.1 Å². The minimum absolute atomic E-state index is 0.194. The van der Waals surface area contributed by atoms with Crippen molar-refractivity contribution in [2.24, 2.45) is 17.8 Å². The van der Waals surface area contributed by atoms with Crippen LogP contribution in [0.15, 0.2) is 0 Å². The number of rotatable bonds is 2. The summed E-state index contributed by atoms with van der Waals surface area (Å²) in [5, 5.41) is 1.99. The number of nitrogens with one attached hydrogen (secondary N) is 1. The second kappa shape index (κ2) is 3.68. The van der Waals surface area contributed by atoms with Gasteiger partial charge in [0.1, 0.15) is 0 Å². The molecular weight excluding hydrogens is 207 g/mol. The third kappa shape index (κ3) is 2.26. The molecule has 2 saturated carbocycles. The Hall–Kier alpha value is -0.740. The van der Waals surface area contributed by atoms with Gasteiger partial charge in [-0.25, -0.2) is 0 Å². The molecule has 0 heterocycles. The highest BCUT2D eigenvalue weighted by Gasteiger charge is 2.42. The van der Waals surface area contributed by atoms with Crippen molar-refractivity contribution in [1.29, 1.82) is 0 Å². The van der Waals surface area contributed by atoms with E-state index in [-0.39, 0.29) is 12.5 Å². The fraction of sp³-hybridized carbons (Fsp3) is 0.900. The Balaban J connectivity index is 1.77. The molecule has 86 valence electrons. The van der Waals surface area contributed by atoms with E-state index in [1.165, 1.54) is 6.42 Å². The van der Waals surface area contributed by atoms with Gasteiger partial charge < -0.3 is 5.32 Å². The van der Waals surface area contributed by atoms with E-state index in [9.17, 15) is 18.0 Å². The fourth-order valence-corrected chi connectivity index (χ4v) is 2.95. The van der Waals surface area contributed by atoms with Gasteiger partial charge in [0.2, 0.25) is 0 Å². The van der Waals surface area contributed by atoms with Crippen LogP contribution in [-0.2, 0) is 4.79 Å². The Kier molecular flexibility index (Phi) is 2.64. The molecule has 0 unspecified atom stereocenters. The molecular formula is C10H14F3NO. The normalized spacial score (nSPS) is 34.5. The molecule has 2 bridgehead atoms. The van der Waals surface area contributed by atoms with Crippen molar-refractivity contribution in [3.63, 3.8) is 0 Å². The van der Waals surface area contributed by atoms with E-state index in [4.69, 9.17) is 0 Å². The van der Waals surface area contributed by atoms with Crippen LogP contribution in [0.5, 0.6) is 0 Å². The minimum Gasteiger partial charge on any atom is -0.348 e. The molecule has 0 aromatic rings. The van der Waals surface area contributed by atoms with E-state index >= 15 is 0 Å². The maximum atomic E-state index is 11.9. The highest BCUT2D eigenvalue weighted by Crippen LogP contribution is 2.47. The zero-order valence-corrected chi connectivity index (χ0v) is 8.31. The van der Waals surface area contributed by atoms with Crippen LogP contribution in [0.25, 0.3) is 0 Å². The topological polar surface area (TPSA) is 29.1 Å².